The molecule has 2 aromatic rings. The van der Waals surface area contributed by atoms with Crippen LogP contribution >= 0.6 is 15.9 Å². The van der Waals surface area contributed by atoms with E-state index in [1.165, 1.54) is 13.2 Å². The van der Waals surface area contributed by atoms with E-state index in [1.807, 2.05) is 38.1 Å². The lowest BCUT2D eigenvalue weighted by Crippen LogP contribution is -2.27. The molecule has 0 bridgehead atoms. The molecule has 0 aromatic heterocycles. The number of nitrogens with one attached hydrogen (secondary N) is 1. The smallest absolute Gasteiger partial charge is 0.244 e. The Labute approximate surface area is 139 Å². The van der Waals surface area contributed by atoms with Crippen molar-refractivity contribution < 1.29 is 13.2 Å². The van der Waals surface area contributed by atoms with E-state index < -0.39 is 10.0 Å². The maximum absolute atomic E-state index is 12.6. The fraction of sp³-hybridized carbons (Fsp3) is 0.250. The van der Waals surface area contributed by atoms with Crippen molar-refractivity contribution in [3.05, 3.63) is 58.1 Å². The number of aryl methyl sites for hydroxylation is 1. The molecule has 1 atom stereocenters. The summed E-state index contributed by atoms with van der Waals surface area (Å²) in [4.78, 5) is 0.116. The van der Waals surface area contributed by atoms with Gasteiger partial charge in [-0.05, 0) is 43.2 Å². The predicted molar refractivity (Wildman–Crippen MR) is 90.6 cm³/mol. The Hall–Kier alpha value is -1.37. The Morgan fingerprint density at radius 2 is 1.86 bits per heavy atom. The second-order valence-electron chi connectivity index (χ2n) is 4.99. The molecule has 2 aromatic carbocycles. The summed E-state index contributed by atoms with van der Waals surface area (Å²) >= 11 is 3.29. The average Bonchev–Trinajstić information content (AvgIpc) is 2.47. The van der Waals surface area contributed by atoms with Crippen molar-refractivity contribution in [2.45, 2.75) is 24.8 Å². The van der Waals surface area contributed by atoms with Crippen molar-refractivity contribution in [3.63, 3.8) is 0 Å². The Kier molecular flexibility index (Phi) is 5.26. The molecule has 0 radical (unpaired) electrons. The van der Waals surface area contributed by atoms with Crippen molar-refractivity contribution in [2.24, 2.45) is 0 Å². The molecule has 1 N–H and O–H groups in total. The van der Waals surface area contributed by atoms with Gasteiger partial charge < -0.3 is 4.74 Å². The highest BCUT2D eigenvalue weighted by Crippen LogP contribution is 2.28. The molecule has 0 spiro atoms. The Morgan fingerprint density at radius 1 is 1.18 bits per heavy atom. The van der Waals surface area contributed by atoms with Gasteiger partial charge in [-0.1, -0.05) is 40.2 Å². The zero-order valence-electron chi connectivity index (χ0n) is 12.6. The number of methoxy groups -OCH3 is 1. The quantitative estimate of drug-likeness (QED) is 0.853. The minimum Gasteiger partial charge on any atom is -0.495 e. The number of sulfonamides is 1. The van der Waals surface area contributed by atoms with Crippen LogP contribution in [0, 0.1) is 6.92 Å². The molecule has 22 heavy (non-hydrogen) atoms. The fourth-order valence-electron chi connectivity index (χ4n) is 2.29. The van der Waals surface area contributed by atoms with Gasteiger partial charge in [0.25, 0.3) is 0 Å². The topological polar surface area (TPSA) is 55.4 Å². The van der Waals surface area contributed by atoms with Crippen LogP contribution in [0.2, 0.25) is 0 Å². The lowest BCUT2D eigenvalue weighted by atomic mass is 10.0. The summed E-state index contributed by atoms with van der Waals surface area (Å²) in [6.07, 6.45) is 0. The molecule has 0 saturated carbocycles. The first-order valence-corrected chi connectivity index (χ1v) is 9.04. The van der Waals surface area contributed by atoms with E-state index in [2.05, 4.69) is 20.7 Å². The van der Waals surface area contributed by atoms with Crippen LogP contribution in [-0.2, 0) is 10.0 Å². The minimum atomic E-state index is -3.69. The second kappa shape index (κ2) is 6.81. The molecule has 0 heterocycles. The fourth-order valence-corrected chi connectivity index (χ4v) is 4.22. The molecule has 0 aliphatic rings. The molecule has 6 heteroatoms. The zero-order valence-corrected chi connectivity index (χ0v) is 15.0. The standard InChI is InChI=1S/C16H18BrNO3S/c1-11-6-4-5-7-14(11)12(2)18-22(19,20)16-10-13(17)8-9-15(16)21-3/h4-10,12,18H,1-3H3/t12-/m1/s1. The number of rotatable bonds is 5. The first-order chi connectivity index (χ1) is 10.3. The normalized spacial score (nSPS) is 12.9. The van der Waals surface area contributed by atoms with E-state index in [9.17, 15) is 8.42 Å². The lowest BCUT2D eigenvalue weighted by molar-refractivity contribution is 0.402. The van der Waals surface area contributed by atoms with Gasteiger partial charge in [-0.3, -0.25) is 0 Å². The number of hydrogen-bond acceptors (Lipinski definition) is 3. The van der Waals surface area contributed by atoms with Crippen LogP contribution in [0.5, 0.6) is 5.75 Å². The average molecular weight is 384 g/mol. The monoisotopic (exact) mass is 383 g/mol. The molecule has 0 saturated heterocycles. The molecular formula is C16H18BrNO3S. The van der Waals surface area contributed by atoms with E-state index in [0.29, 0.717) is 10.2 Å². The van der Waals surface area contributed by atoms with Gasteiger partial charge in [0.15, 0.2) is 0 Å². The van der Waals surface area contributed by atoms with Crippen LogP contribution < -0.4 is 9.46 Å². The van der Waals surface area contributed by atoms with E-state index in [1.54, 1.807) is 12.1 Å². The van der Waals surface area contributed by atoms with Crippen molar-refractivity contribution in [1.82, 2.24) is 4.72 Å². The van der Waals surface area contributed by atoms with Crippen molar-refractivity contribution in [1.29, 1.82) is 0 Å². The van der Waals surface area contributed by atoms with Crippen molar-refractivity contribution >= 4 is 26.0 Å². The first kappa shape index (κ1) is 17.0. The second-order valence-corrected chi connectivity index (χ2v) is 7.59. The zero-order chi connectivity index (χ0) is 16.3. The van der Waals surface area contributed by atoms with Crippen LogP contribution in [0.25, 0.3) is 0 Å². The van der Waals surface area contributed by atoms with Gasteiger partial charge in [-0.2, -0.15) is 0 Å². The molecular weight excluding hydrogens is 366 g/mol. The summed E-state index contributed by atoms with van der Waals surface area (Å²) in [5, 5.41) is 0. The summed E-state index contributed by atoms with van der Waals surface area (Å²) in [5.41, 5.74) is 1.99. The largest absolute Gasteiger partial charge is 0.495 e. The lowest BCUT2D eigenvalue weighted by Gasteiger charge is -2.18. The third-order valence-electron chi connectivity index (χ3n) is 3.40. The van der Waals surface area contributed by atoms with E-state index in [-0.39, 0.29) is 10.9 Å². The predicted octanol–water partition coefficient (Wildman–Crippen LogP) is 3.81. The van der Waals surface area contributed by atoms with E-state index >= 15 is 0 Å². The van der Waals surface area contributed by atoms with Gasteiger partial charge >= 0.3 is 0 Å². The summed E-state index contributed by atoms with van der Waals surface area (Å²) < 4.78 is 33.8. The third-order valence-corrected chi connectivity index (χ3v) is 5.46. The Morgan fingerprint density at radius 3 is 2.50 bits per heavy atom. The first-order valence-electron chi connectivity index (χ1n) is 6.76. The third kappa shape index (κ3) is 3.69. The van der Waals surface area contributed by atoms with Gasteiger partial charge in [-0.15, -0.1) is 0 Å². The highest BCUT2D eigenvalue weighted by atomic mass is 79.9. The summed E-state index contributed by atoms with van der Waals surface area (Å²) in [6.45, 7) is 3.78. The van der Waals surface area contributed by atoms with Gasteiger partial charge in [0.1, 0.15) is 10.6 Å². The van der Waals surface area contributed by atoms with Crippen LogP contribution in [0.1, 0.15) is 24.1 Å². The maximum Gasteiger partial charge on any atom is 0.244 e. The molecule has 0 amide bonds. The van der Waals surface area contributed by atoms with Gasteiger partial charge in [0, 0.05) is 10.5 Å². The number of ether oxygens (including phenoxy) is 1. The van der Waals surface area contributed by atoms with Gasteiger partial charge in [0.2, 0.25) is 10.0 Å². The van der Waals surface area contributed by atoms with Crippen LogP contribution in [-0.4, -0.2) is 15.5 Å². The Balaban J connectivity index is 2.36. The Bertz CT molecular complexity index is 775. The van der Waals surface area contributed by atoms with Crippen molar-refractivity contribution in [3.8, 4) is 5.75 Å². The molecule has 0 unspecified atom stereocenters. The molecule has 0 aliphatic carbocycles. The molecule has 4 nitrogen and oxygen atoms in total. The van der Waals surface area contributed by atoms with E-state index in [4.69, 9.17) is 4.74 Å². The van der Waals surface area contributed by atoms with Crippen molar-refractivity contribution in [2.75, 3.05) is 7.11 Å². The highest BCUT2D eigenvalue weighted by molar-refractivity contribution is 9.10. The van der Waals surface area contributed by atoms with Crippen LogP contribution in [0.4, 0.5) is 0 Å². The van der Waals surface area contributed by atoms with Gasteiger partial charge in [-0.25, -0.2) is 13.1 Å². The highest BCUT2D eigenvalue weighted by Gasteiger charge is 2.23. The van der Waals surface area contributed by atoms with E-state index in [0.717, 1.165) is 11.1 Å². The number of hydrogen-bond donors (Lipinski definition) is 1. The number of halogens is 1. The summed E-state index contributed by atoms with van der Waals surface area (Å²) in [7, 11) is -2.24. The molecule has 118 valence electrons. The molecule has 0 aliphatic heterocycles. The minimum absolute atomic E-state index is 0.116. The van der Waals surface area contributed by atoms with Crippen LogP contribution in [0.3, 0.4) is 0 Å². The van der Waals surface area contributed by atoms with Gasteiger partial charge in [0.05, 0.1) is 7.11 Å². The SMILES string of the molecule is COc1ccc(Br)cc1S(=O)(=O)N[C@H](C)c1ccccc1C. The maximum atomic E-state index is 12.6. The summed E-state index contributed by atoms with van der Waals surface area (Å²) in [6, 6.07) is 12.3. The summed E-state index contributed by atoms with van der Waals surface area (Å²) in [5.74, 6) is 0.313. The number of benzene rings is 2. The molecule has 2 rings (SSSR count). The molecule has 0 fully saturated rings. The van der Waals surface area contributed by atoms with Crippen LogP contribution in [0.15, 0.2) is 51.8 Å².